The number of nitrogens with zero attached hydrogens (tertiary/aromatic N) is 3. The first-order valence-electron chi connectivity index (χ1n) is 8.69. The molecule has 0 amide bonds. The van der Waals surface area contributed by atoms with Gasteiger partial charge in [-0.05, 0) is 44.7 Å². The lowest BCUT2D eigenvalue weighted by Crippen LogP contribution is -2.52. The monoisotopic (exact) mass is 279 g/mol. The maximum absolute atomic E-state index is 6.04. The van der Waals surface area contributed by atoms with Gasteiger partial charge in [0.1, 0.15) is 0 Å². The summed E-state index contributed by atoms with van der Waals surface area (Å²) in [4.78, 5) is 8.03. The van der Waals surface area contributed by atoms with Crippen LogP contribution in [-0.4, -0.2) is 85.8 Å². The summed E-state index contributed by atoms with van der Waals surface area (Å²) >= 11 is 0. The van der Waals surface area contributed by atoms with E-state index in [-0.39, 0.29) is 0 Å². The minimum absolute atomic E-state index is 0.487. The minimum atomic E-state index is 0.487. The molecule has 0 aromatic carbocycles. The summed E-state index contributed by atoms with van der Waals surface area (Å²) in [6, 6.07) is 0.671. The molecule has 1 aliphatic carbocycles. The van der Waals surface area contributed by atoms with E-state index in [0.717, 1.165) is 19.1 Å². The number of likely N-dealkylation sites (tertiary alicyclic amines) is 2. The lowest BCUT2D eigenvalue weighted by atomic mass is 10.1. The Labute approximate surface area is 123 Å². The maximum Gasteiger partial charge on any atom is 0.0869 e. The zero-order chi connectivity index (χ0) is 13.4. The van der Waals surface area contributed by atoms with Crippen LogP contribution >= 0.6 is 0 Å². The molecule has 0 N–H and O–H groups in total. The molecule has 0 unspecified atom stereocenters. The second kappa shape index (κ2) is 5.91. The van der Waals surface area contributed by atoms with Crippen LogP contribution in [0.25, 0.3) is 0 Å². The zero-order valence-corrected chi connectivity index (χ0v) is 12.7. The van der Waals surface area contributed by atoms with Gasteiger partial charge in [0.25, 0.3) is 0 Å². The fraction of sp³-hybridized carbons (Fsp3) is 1.00. The molecule has 3 aliphatic heterocycles. The van der Waals surface area contributed by atoms with Gasteiger partial charge < -0.3 is 9.64 Å². The number of hydrogen-bond donors (Lipinski definition) is 0. The van der Waals surface area contributed by atoms with Crippen LogP contribution in [0.2, 0.25) is 0 Å². The van der Waals surface area contributed by atoms with Gasteiger partial charge in [-0.15, -0.1) is 0 Å². The van der Waals surface area contributed by atoms with E-state index in [2.05, 4.69) is 14.7 Å². The van der Waals surface area contributed by atoms with Crippen molar-refractivity contribution in [2.75, 3.05) is 59.0 Å². The molecule has 4 nitrogen and oxygen atoms in total. The molecule has 114 valence electrons. The molecule has 0 bridgehead atoms. The summed E-state index contributed by atoms with van der Waals surface area (Å²) in [5.41, 5.74) is 0. The van der Waals surface area contributed by atoms with Crippen LogP contribution in [0.15, 0.2) is 0 Å². The van der Waals surface area contributed by atoms with Gasteiger partial charge in [-0.2, -0.15) is 0 Å². The van der Waals surface area contributed by atoms with Gasteiger partial charge in [-0.1, -0.05) is 0 Å². The summed E-state index contributed by atoms with van der Waals surface area (Å²) in [5, 5.41) is 0. The summed E-state index contributed by atoms with van der Waals surface area (Å²) in [7, 11) is 0. The third-order valence-electron chi connectivity index (χ3n) is 5.61. The van der Waals surface area contributed by atoms with Crippen LogP contribution in [-0.2, 0) is 4.74 Å². The van der Waals surface area contributed by atoms with Crippen LogP contribution in [0.4, 0.5) is 0 Å². The molecule has 4 rings (SSSR count). The molecule has 2 atom stereocenters. The molecule has 3 heterocycles. The Morgan fingerprint density at radius 2 is 1.75 bits per heavy atom. The molecule has 3 saturated heterocycles. The van der Waals surface area contributed by atoms with Crippen molar-refractivity contribution in [1.29, 1.82) is 0 Å². The third kappa shape index (κ3) is 3.03. The van der Waals surface area contributed by atoms with E-state index in [1.54, 1.807) is 0 Å². The molecule has 4 heteroatoms. The molecular weight excluding hydrogens is 250 g/mol. The molecule has 1 saturated carbocycles. The second-order valence-electron chi connectivity index (χ2n) is 7.22. The predicted octanol–water partition coefficient (Wildman–Crippen LogP) is 0.877. The predicted molar refractivity (Wildman–Crippen MR) is 79.9 cm³/mol. The van der Waals surface area contributed by atoms with Gasteiger partial charge in [-0.3, -0.25) is 9.80 Å². The first-order chi connectivity index (χ1) is 9.88. The summed E-state index contributed by atoms with van der Waals surface area (Å²) < 4.78 is 6.04. The van der Waals surface area contributed by atoms with Gasteiger partial charge in [0.15, 0.2) is 0 Å². The quantitative estimate of drug-likeness (QED) is 0.743. The highest BCUT2D eigenvalue weighted by Gasteiger charge is 2.41. The Morgan fingerprint density at radius 1 is 0.900 bits per heavy atom. The molecule has 20 heavy (non-hydrogen) atoms. The number of hydrogen-bond acceptors (Lipinski definition) is 4. The average molecular weight is 279 g/mol. The highest BCUT2D eigenvalue weighted by Crippen LogP contribution is 2.32. The van der Waals surface area contributed by atoms with E-state index in [4.69, 9.17) is 4.74 Å². The van der Waals surface area contributed by atoms with E-state index in [1.165, 1.54) is 71.5 Å². The molecule has 0 aromatic heterocycles. The zero-order valence-electron chi connectivity index (χ0n) is 12.7. The molecule has 4 fully saturated rings. The highest BCUT2D eigenvalue weighted by molar-refractivity contribution is 4.96. The van der Waals surface area contributed by atoms with Gasteiger partial charge in [-0.25, -0.2) is 0 Å². The largest absolute Gasteiger partial charge is 0.374 e. The first-order valence-corrected chi connectivity index (χ1v) is 8.69. The number of morpholine rings is 1. The van der Waals surface area contributed by atoms with E-state index >= 15 is 0 Å². The van der Waals surface area contributed by atoms with Gasteiger partial charge in [0.05, 0.1) is 12.7 Å². The van der Waals surface area contributed by atoms with Crippen LogP contribution in [0.1, 0.15) is 25.7 Å². The number of ether oxygens (including phenoxy) is 1. The molecule has 0 radical (unpaired) electrons. The number of rotatable bonds is 5. The smallest absolute Gasteiger partial charge is 0.0869 e. The molecular formula is C16H29N3O. The SMILES string of the molecule is C1CCN(CCN2CCO[C@H]3CN(CC4CC4)C[C@H]32)C1. The Bertz CT molecular complexity index is 328. The van der Waals surface area contributed by atoms with Crippen molar-refractivity contribution in [3.63, 3.8) is 0 Å². The third-order valence-corrected chi connectivity index (χ3v) is 5.61. The van der Waals surface area contributed by atoms with Crippen molar-refractivity contribution in [1.82, 2.24) is 14.7 Å². The second-order valence-corrected chi connectivity index (χ2v) is 7.22. The van der Waals surface area contributed by atoms with Crippen molar-refractivity contribution >= 4 is 0 Å². The Kier molecular flexibility index (Phi) is 3.99. The normalized spacial score (nSPS) is 36.6. The van der Waals surface area contributed by atoms with Crippen molar-refractivity contribution in [3.05, 3.63) is 0 Å². The van der Waals surface area contributed by atoms with Crippen LogP contribution < -0.4 is 0 Å². The fourth-order valence-electron chi connectivity index (χ4n) is 4.20. The summed E-state index contributed by atoms with van der Waals surface area (Å²) in [5.74, 6) is 1.01. The van der Waals surface area contributed by atoms with E-state index in [1.807, 2.05) is 0 Å². The Morgan fingerprint density at radius 3 is 2.55 bits per heavy atom. The van der Waals surface area contributed by atoms with Gasteiger partial charge >= 0.3 is 0 Å². The van der Waals surface area contributed by atoms with Crippen molar-refractivity contribution in [2.45, 2.75) is 37.8 Å². The Hall–Kier alpha value is -0.160. The topological polar surface area (TPSA) is 19.0 Å². The molecule has 0 aromatic rings. The van der Waals surface area contributed by atoms with Crippen LogP contribution in [0.5, 0.6) is 0 Å². The molecule has 0 spiro atoms. The Balaban J connectivity index is 1.29. The maximum atomic E-state index is 6.04. The highest BCUT2D eigenvalue weighted by atomic mass is 16.5. The number of fused-ring (bicyclic) bond motifs is 1. The standard InChI is InChI=1S/C16H29N3O/c1-2-6-17(5-1)7-8-19-9-10-20-16-13-18(12-15(16)19)11-14-3-4-14/h14-16H,1-13H2/t15-,16+/m1/s1. The van der Waals surface area contributed by atoms with E-state index in [9.17, 15) is 0 Å². The van der Waals surface area contributed by atoms with Crippen LogP contribution in [0.3, 0.4) is 0 Å². The lowest BCUT2D eigenvalue weighted by molar-refractivity contribution is -0.0488. The lowest BCUT2D eigenvalue weighted by Gasteiger charge is -2.37. The van der Waals surface area contributed by atoms with Crippen LogP contribution in [0, 0.1) is 5.92 Å². The van der Waals surface area contributed by atoms with Crippen molar-refractivity contribution in [3.8, 4) is 0 Å². The fourth-order valence-corrected chi connectivity index (χ4v) is 4.20. The minimum Gasteiger partial charge on any atom is -0.374 e. The summed E-state index contributed by atoms with van der Waals surface area (Å²) in [6.45, 7) is 11.0. The van der Waals surface area contributed by atoms with Gasteiger partial charge in [0, 0.05) is 45.3 Å². The summed E-state index contributed by atoms with van der Waals surface area (Å²) in [6.07, 6.45) is 6.23. The first kappa shape index (κ1) is 13.5. The molecule has 4 aliphatic rings. The van der Waals surface area contributed by atoms with Gasteiger partial charge in [0.2, 0.25) is 0 Å². The van der Waals surface area contributed by atoms with E-state index in [0.29, 0.717) is 12.1 Å². The van der Waals surface area contributed by atoms with E-state index < -0.39 is 0 Å². The average Bonchev–Trinajstić information content (AvgIpc) is 2.97. The van der Waals surface area contributed by atoms with Crippen molar-refractivity contribution in [2.24, 2.45) is 5.92 Å². The van der Waals surface area contributed by atoms with Crippen molar-refractivity contribution < 1.29 is 4.74 Å².